The van der Waals surface area contributed by atoms with Crippen molar-refractivity contribution in [1.29, 1.82) is 5.26 Å². The van der Waals surface area contributed by atoms with Crippen LogP contribution in [0.15, 0.2) is 24.3 Å². The Kier molecular flexibility index (Phi) is 6.26. The minimum atomic E-state index is -0.0540. The van der Waals surface area contributed by atoms with Gasteiger partial charge in [0.25, 0.3) is 0 Å². The van der Waals surface area contributed by atoms with E-state index in [1.165, 1.54) is 0 Å². The lowest BCUT2D eigenvalue weighted by Gasteiger charge is -2.38. The fourth-order valence-corrected chi connectivity index (χ4v) is 3.49. The number of hydrogen-bond acceptors (Lipinski definition) is 5. The zero-order valence-electron chi connectivity index (χ0n) is 14.5. The molecule has 2 aliphatic rings. The Bertz CT molecular complexity index is 623. The normalized spacial score (nSPS) is 21.6. The smallest absolute Gasteiger partial charge is 0.240 e. The number of rotatable bonds is 5. The van der Waals surface area contributed by atoms with Gasteiger partial charge >= 0.3 is 0 Å². The van der Waals surface area contributed by atoms with Crippen LogP contribution in [0.25, 0.3) is 0 Å². The average Bonchev–Trinajstić information content (AvgIpc) is 2.69. The van der Waals surface area contributed by atoms with Gasteiger partial charge in [0.2, 0.25) is 5.91 Å². The van der Waals surface area contributed by atoms with Crippen LogP contribution in [-0.2, 0) is 9.53 Å². The highest BCUT2D eigenvalue weighted by Gasteiger charge is 2.32. The van der Waals surface area contributed by atoms with Crippen molar-refractivity contribution >= 4 is 5.91 Å². The minimum absolute atomic E-state index is 0.0540. The minimum Gasteiger partial charge on any atom is -0.491 e. The van der Waals surface area contributed by atoms with Crippen molar-refractivity contribution in [1.82, 2.24) is 9.80 Å². The quantitative estimate of drug-likeness (QED) is 0.813. The Balaban J connectivity index is 1.56. The van der Waals surface area contributed by atoms with Gasteiger partial charge in [-0.3, -0.25) is 9.69 Å². The van der Waals surface area contributed by atoms with E-state index in [2.05, 4.69) is 11.0 Å². The van der Waals surface area contributed by atoms with Crippen molar-refractivity contribution in [3.63, 3.8) is 0 Å². The second-order valence-electron chi connectivity index (χ2n) is 6.44. The molecule has 0 aromatic heterocycles. The van der Waals surface area contributed by atoms with Crippen LogP contribution < -0.4 is 4.74 Å². The van der Waals surface area contributed by atoms with Gasteiger partial charge in [-0.25, -0.2) is 0 Å². The molecule has 2 aliphatic heterocycles. The second-order valence-corrected chi connectivity index (χ2v) is 6.44. The van der Waals surface area contributed by atoms with Gasteiger partial charge in [0.1, 0.15) is 18.4 Å². The molecule has 6 heteroatoms. The van der Waals surface area contributed by atoms with E-state index in [4.69, 9.17) is 14.7 Å². The number of para-hydroxylation sites is 1. The third-order valence-electron chi connectivity index (χ3n) is 4.87. The van der Waals surface area contributed by atoms with Crippen LogP contribution in [0, 0.1) is 11.3 Å². The molecule has 0 saturated carbocycles. The number of likely N-dealkylation sites (tertiary alicyclic amines) is 1. The van der Waals surface area contributed by atoms with Gasteiger partial charge in [-0.2, -0.15) is 5.26 Å². The van der Waals surface area contributed by atoms with Crippen molar-refractivity contribution < 1.29 is 14.3 Å². The Morgan fingerprint density at radius 2 is 2.04 bits per heavy atom. The van der Waals surface area contributed by atoms with E-state index in [0.717, 1.165) is 25.8 Å². The van der Waals surface area contributed by atoms with Crippen LogP contribution in [0.2, 0.25) is 0 Å². The number of hydrogen-bond donors (Lipinski definition) is 0. The number of nitrogens with zero attached hydrogens (tertiary/aromatic N) is 3. The lowest BCUT2D eigenvalue weighted by atomic mass is 10.0. The maximum Gasteiger partial charge on any atom is 0.240 e. The van der Waals surface area contributed by atoms with Gasteiger partial charge in [0.15, 0.2) is 0 Å². The first-order chi connectivity index (χ1) is 12.3. The number of morpholine rings is 1. The van der Waals surface area contributed by atoms with Gasteiger partial charge in [0.05, 0.1) is 24.8 Å². The molecule has 0 unspecified atom stereocenters. The first kappa shape index (κ1) is 17.7. The first-order valence-electron chi connectivity index (χ1n) is 9.02. The molecule has 0 N–H and O–H groups in total. The molecule has 0 radical (unpaired) electrons. The Hall–Kier alpha value is -2.10. The number of carbonyl (C=O) groups excluding carboxylic acids is 1. The van der Waals surface area contributed by atoms with E-state index in [1.54, 1.807) is 6.07 Å². The third-order valence-corrected chi connectivity index (χ3v) is 4.87. The predicted octanol–water partition coefficient (Wildman–Crippen LogP) is 1.65. The van der Waals surface area contributed by atoms with Crippen LogP contribution in [0.1, 0.15) is 24.8 Å². The van der Waals surface area contributed by atoms with Gasteiger partial charge in [0, 0.05) is 19.6 Å². The average molecular weight is 343 g/mol. The van der Waals surface area contributed by atoms with Gasteiger partial charge < -0.3 is 14.4 Å². The van der Waals surface area contributed by atoms with Crippen LogP contribution in [0.3, 0.4) is 0 Å². The molecule has 2 fully saturated rings. The van der Waals surface area contributed by atoms with Gasteiger partial charge in [-0.05, 0) is 31.5 Å². The number of piperidine rings is 1. The zero-order chi connectivity index (χ0) is 17.5. The number of nitriles is 1. The summed E-state index contributed by atoms with van der Waals surface area (Å²) < 4.78 is 11.1. The zero-order valence-corrected chi connectivity index (χ0v) is 14.5. The third kappa shape index (κ3) is 4.50. The summed E-state index contributed by atoms with van der Waals surface area (Å²) in [5.41, 5.74) is 0.544. The van der Waals surface area contributed by atoms with Crippen molar-refractivity contribution in [2.45, 2.75) is 25.3 Å². The number of carbonyl (C=O) groups is 1. The monoisotopic (exact) mass is 343 g/mol. The summed E-state index contributed by atoms with van der Waals surface area (Å²) in [7, 11) is 0. The summed E-state index contributed by atoms with van der Waals surface area (Å²) in [6.45, 7) is 4.74. The number of benzene rings is 1. The highest BCUT2D eigenvalue weighted by Crippen LogP contribution is 2.20. The molecule has 2 saturated heterocycles. The molecule has 25 heavy (non-hydrogen) atoms. The maximum absolute atomic E-state index is 12.8. The van der Waals surface area contributed by atoms with Crippen molar-refractivity contribution in [3.05, 3.63) is 29.8 Å². The molecule has 1 amide bonds. The maximum atomic E-state index is 12.8. The lowest BCUT2D eigenvalue weighted by Crippen LogP contribution is -2.54. The van der Waals surface area contributed by atoms with Crippen molar-refractivity contribution in [2.24, 2.45) is 0 Å². The summed E-state index contributed by atoms with van der Waals surface area (Å²) in [6, 6.07) is 9.34. The number of ether oxygens (including phenoxy) is 2. The summed E-state index contributed by atoms with van der Waals surface area (Å²) in [5.74, 6) is 0.832. The molecule has 6 nitrogen and oxygen atoms in total. The van der Waals surface area contributed by atoms with E-state index in [9.17, 15) is 4.79 Å². The fourth-order valence-electron chi connectivity index (χ4n) is 3.49. The second kappa shape index (κ2) is 8.84. The van der Waals surface area contributed by atoms with E-state index >= 15 is 0 Å². The Morgan fingerprint density at radius 3 is 2.84 bits per heavy atom. The van der Waals surface area contributed by atoms with E-state index in [1.807, 2.05) is 23.1 Å². The van der Waals surface area contributed by atoms with Crippen molar-refractivity contribution in [3.8, 4) is 11.8 Å². The molecular formula is C19H25N3O3. The molecule has 0 aliphatic carbocycles. The molecule has 1 aromatic rings. The number of amides is 1. The molecule has 1 atom stereocenters. The summed E-state index contributed by atoms with van der Waals surface area (Å²) in [5, 5.41) is 9.12. The van der Waals surface area contributed by atoms with Crippen LogP contribution in [0.5, 0.6) is 5.75 Å². The summed E-state index contributed by atoms with van der Waals surface area (Å²) in [6.07, 6.45) is 3.11. The summed E-state index contributed by atoms with van der Waals surface area (Å²) in [4.78, 5) is 17.0. The largest absolute Gasteiger partial charge is 0.491 e. The Morgan fingerprint density at radius 1 is 1.24 bits per heavy atom. The van der Waals surface area contributed by atoms with Crippen LogP contribution >= 0.6 is 0 Å². The van der Waals surface area contributed by atoms with Crippen molar-refractivity contribution in [2.75, 3.05) is 46.0 Å². The van der Waals surface area contributed by atoms with Crippen LogP contribution in [0.4, 0.5) is 0 Å². The molecule has 3 rings (SSSR count). The molecular weight excluding hydrogens is 318 g/mol. The van der Waals surface area contributed by atoms with E-state index < -0.39 is 0 Å². The van der Waals surface area contributed by atoms with E-state index in [0.29, 0.717) is 50.8 Å². The van der Waals surface area contributed by atoms with Crippen LogP contribution in [-0.4, -0.2) is 67.7 Å². The lowest BCUT2D eigenvalue weighted by molar-refractivity contribution is -0.142. The SMILES string of the molecule is N#Cc1ccccc1OCCN1CCCC[C@H]1C(=O)N1CCOCC1. The molecule has 134 valence electrons. The summed E-state index contributed by atoms with van der Waals surface area (Å²) >= 11 is 0. The first-order valence-corrected chi connectivity index (χ1v) is 9.02. The predicted molar refractivity (Wildman–Crippen MR) is 93.3 cm³/mol. The van der Waals surface area contributed by atoms with E-state index in [-0.39, 0.29) is 11.9 Å². The highest BCUT2D eigenvalue weighted by molar-refractivity contribution is 5.82. The fraction of sp³-hybridized carbons (Fsp3) is 0.579. The Labute approximate surface area is 148 Å². The molecule has 2 heterocycles. The van der Waals surface area contributed by atoms with Gasteiger partial charge in [-0.1, -0.05) is 18.6 Å². The molecule has 1 aromatic carbocycles. The molecule has 0 spiro atoms. The molecule has 0 bridgehead atoms. The standard InChI is InChI=1S/C19H25N3O3/c20-15-16-5-1-2-7-18(16)25-14-11-21-8-4-3-6-17(21)19(23)22-9-12-24-13-10-22/h1-2,5,7,17H,3-4,6,8-14H2/t17-/m0/s1. The van der Waals surface area contributed by atoms with Gasteiger partial charge in [-0.15, -0.1) is 0 Å². The highest BCUT2D eigenvalue weighted by atomic mass is 16.5. The topological polar surface area (TPSA) is 65.8 Å².